The number of nitrogens with one attached hydrogen (secondary N) is 2. The van der Waals surface area contributed by atoms with Crippen molar-refractivity contribution >= 4 is 17.4 Å². The lowest BCUT2D eigenvalue weighted by molar-refractivity contribution is 0.0990. The summed E-state index contributed by atoms with van der Waals surface area (Å²) in [6.45, 7) is 11.1. The number of benzene rings is 2. The number of hydrogen-bond acceptors (Lipinski definition) is 4. The maximum atomic E-state index is 12.5. The van der Waals surface area contributed by atoms with Gasteiger partial charge in [-0.25, -0.2) is 4.98 Å². The largest absolute Gasteiger partial charge is 0.489 e. The molecule has 0 bridgehead atoms. The van der Waals surface area contributed by atoms with E-state index in [1.807, 2.05) is 20.0 Å². The average Bonchev–Trinajstić information content (AvgIpc) is 3.20. The summed E-state index contributed by atoms with van der Waals surface area (Å²) in [5, 5.41) is 3.65. The first-order valence-corrected chi connectivity index (χ1v) is 10.9. The molecular formula is C25H30ClN3O2. The molecule has 3 rings (SSSR count). The quantitative estimate of drug-likeness (QED) is 0.436. The number of nitrogens with zero attached hydrogens (tertiary/aromatic N) is 1. The van der Waals surface area contributed by atoms with E-state index in [-0.39, 0.29) is 23.8 Å². The summed E-state index contributed by atoms with van der Waals surface area (Å²) in [6, 6.07) is 13.4. The summed E-state index contributed by atoms with van der Waals surface area (Å²) >= 11 is 6.23. The highest BCUT2D eigenvalue weighted by Gasteiger charge is 2.17. The van der Waals surface area contributed by atoms with Gasteiger partial charge in [0.15, 0.2) is 5.78 Å². The van der Waals surface area contributed by atoms with E-state index in [9.17, 15) is 4.79 Å². The third-order valence-corrected chi connectivity index (χ3v) is 5.08. The van der Waals surface area contributed by atoms with Crippen LogP contribution in [0.2, 0.25) is 5.02 Å². The van der Waals surface area contributed by atoms with Crippen molar-refractivity contribution in [1.29, 1.82) is 0 Å². The van der Waals surface area contributed by atoms with Gasteiger partial charge in [-0.3, -0.25) is 4.79 Å². The van der Waals surface area contributed by atoms with Gasteiger partial charge in [-0.15, -0.1) is 0 Å². The highest BCUT2D eigenvalue weighted by molar-refractivity contribution is 6.32. The second-order valence-electron chi connectivity index (χ2n) is 8.93. The molecule has 0 spiro atoms. The van der Waals surface area contributed by atoms with Gasteiger partial charge in [-0.05, 0) is 43.2 Å². The summed E-state index contributed by atoms with van der Waals surface area (Å²) in [5.74, 6) is 1.55. The highest BCUT2D eigenvalue weighted by atomic mass is 35.5. The second kappa shape index (κ2) is 9.67. The average molecular weight is 440 g/mol. The van der Waals surface area contributed by atoms with Crippen LogP contribution in [-0.2, 0) is 12.0 Å². The number of imidazole rings is 1. The molecule has 31 heavy (non-hydrogen) atoms. The molecular weight excluding hydrogens is 410 g/mol. The lowest BCUT2D eigenvalue weighted by atomic mass is 9.96. The molecule has 0 saturated heterocycles. The van der Waals surface area contributed by atoms with Crippen LogP contribution >= 0.6 is 11.6 Å². The fourth-order valence-electron chi connectivity index (χ4n) is 3.10. The monoisotopic (exact) mass is 439 g/mol. The van der Waals surface area contributed by atoms with Gasteiger partial charge in [0.05, 0.1) is 29.6 Å². The molecule has 0 amide bonds. The fourth-order valence-corrected chi connectivity index (χ4v) is 3.32. The third kappa shape index (κ3) is 6.18. The van der Waals surface area contributed by atoms with Crippen molar-refractivity contribution in [2.24, 2.45) is 0 Å². The zero-order chi connectivity index (χ0) is 22.6. The van der Waals surface area contributed by atoms with Crippen LogP contribution in [0.3, 0.4) is 0 Å². The molecule has 164 valence electrons. The Labute approximate surface area is 189 Å². The van der Waals surface area contributed by atoms with Gasteiger partial charge in [0.2, 0.25) is 0 Å². The minimum absolute atomic E-state index is 0.0122. The van der Waals surface area contributed by atoms with Gasteiger partial charge in [0.1, 0.15) is 11.6 Å². The van der Waals surface area contributed by atoms with E-state index in [0.29, 0.717) is 22.9 Å². The summed E-state index contributed by atoms with van der Waals surface area (Å²) in [5.41, 5.74) is 3.74. The Hall–Kier alpha value is -2.63. The predicted octanol–water partition coefficient (Wildman–Crippen LogP) is 5.79. The van der Waals surface area contributed by atoms with Gasteiger partial charge in [0, 0.05) is 17.5 Å². The number of ether oxygens (including phenoxy) is 1. The Morgan fingerprint density at radius 3 is 2.45 bits per heavy atom. The lowest BCUT2D eigenvalue weighted by Gasteiger charge is -2.14. The number of ketones is 1. The molecule has 0 unspecified atom stereocenters. The number of carbonyl (C=O) groups is 1. The van der Waals surface area contributed by atoms with E-state index in [4.69, 9.17) is 16.3 Å². The highest BCUT2D eigenvalue weighted by Crippen LogP contribution is 2.27. The van der Waals surface area contributed by atoms with Crippen molar-refractivity contribution in [3.63, 3.8) is 0 Å². The minimum Gasteiger partial charge on any atom is -0.489 e. The second-order valence-corrected chi connectivity index (χ2v) is 9.34. The Balaban J connectivity index is 1.54. The summed E-state index contributed by atoms with van der Waals surface area (Å²) in [4.78, 5) is 20.3. The zero-order valence-electron chi connectivity index (χ0n) is 18.8. The molecule has 0 aliphatic rings. The fraction of sp³-hybridized carbons (Fsp3) is 0.360. The molecule has 0 fully saturated rings. The molecule has 6 heteroatoms. The first-order chi connectivity index (χ1) is 14.6. The van der Waals surface area contributed by atoms with Gasteiger partial charge in [-0.2, -0.15) is 0 Å². The molecule has 2 aromatic carbocycles. The molecule has 0 atom stereocenters. The van der Waals surface area contributed by atoms with Gasteiger partial charge < -0.3 is 15.0 Å². The molecule has 0 aliphatic carbocycles. The Bertz CT molecular complexity index is 1030. The van der Waals surface area contributed by atoms with E-state index in [1.54, 1.807) is 18.2 Å². The molecule has 1 heterocycles. The van der Waals surface area contributed by atoms with E-state index in [1.165, 1.54) is 0 Å². The van der Waals surface area contributed by atoms with Crippen LogP contribution in [0.5, 0.6) is 5.75 Å². The molecule has 0 aliphatic heterocycles. The van der Waals surface area contributed by atoms with E-state index >= 15 is 0 Å². The normalized spacial score (nSPS) is 11.7. The maximum absolute atomic E-state index is 12.5. The summed E-state index contributed by atoms with van der Waals surface area (Å²) in [6.07, 6.45) is 1.90. The number of H-pyrrole nitrogens is 1. The van der Waals surface area contributed by atoms with Crippen molar-refractivity contribution in [3.05, 3.63) is 70.6 Å². The number of carbonyl (C=O) groups excluding carboxylic acids is 1. The number of Topliss-reactive ketones (excluding diaryl/α,β-unsaturated/α-hetero) is 1. The van der Waals surface area contributed by atoms with Crippen molar-refractivity contribution in [2.75, 3.05) is 6.54 Å². The summed E-state index contributed by atoms with van der Waals surface area (Å²) < 4.78 is 5.61. The van der Waals surface area contributed by atoms with Crippen LogP contribution in [0.1, 0.15) is 56.4 Å². The summed E-state index contributed by atoms with van der Waals surface area (Å²) in [7, 11) is 0. The van der Waals surface area contributed by atoms with Gasteiger partial charge in [0.25, 0.3) is 0 Å². The van der Waals surface area contributed by atoms with Gasteiger partial charge in [-0.1, -0.05) is 56.6 Å². The van der Waals surface area contributed by atoms with Crippen LogP contribution in [0, 0.1) is 0 Å². The predicted molar refractivity (Wildman–Crippen MR) is 126 cm³/mol. The van der Waals surface area contributed by atoms with Crippen molar-refractivity contribution < 1.29 is 9.53 Å². The maximum Gasteiger partial charge on any atom is 0.176 e. The van der Waals surface area contributed by atoms with Gasteiger partial charge >= 0.3 is 0 Å². The lowest BCUT2D eigenvalue weighted by Crippen LogP contribution is -2.22. The van der Waals surface area contributed by atoms with E-state index < -0.39 is 0 Å². The Kier molecular flexibility index (Phi) is 7.19. The van der Waals surface area contributed by atoms with Crippen LogP contribution in [0.15, 0.2) is 48.7 Å². The molecule has 2 N–H and O–H groups in total. The minimum atomic E-state index is -0.0132. The van der Waals surface area contributed by atoms with Crippen LogP contribution < -0.4 is 10.1 Å². The van der Waals surface area contributed by atoms with Crippen molar-refractivity contribution in [2.45, 2.75) is 52.7 Å². The standard InChI is InChI=1S/C25H30ClN3O2/c1-16(2)31-23-11-10-19(12-20(23)26)22(30)15-27-13-17-6-8-18(9-7-17)21-14-28-24(29-21)25(3,4)5/h6-12,14,16,27H,13,15H2,1-5H3,(H,28,29). The van der Waals surface area contributed by atoms with Crippen molar-refractivity contribution in [1.82, 2.24) is 15.3 Å². The van der Waals surface area contributed by atoms with Crippen LogP contribution in [-0.4, -0.2) is 28.4 Å². The molecule has 1 aromatic heterocycles. The number of hydrogen-bond donors (Lipinski definition) is 2. The Morgan fingerprint density at radius 1 is 1.16 bits per heavy atom. The zero-order valence-corrected chi connectivity index (χ0v) is 19.5. The number of rotatable bonds is 8. The van der Waals surface area contributed by atoms with Crippen molar-refractivity contribution in [3.8, 4) is 17.0 Å². The number of halogens is 1. The van der Waals surface area contributed by atoms with Crippen LogP contribution in [0.4, 0.5) is 0 Å². The first-order valence-electron chi connectivity index (χ1n) is 10.5. The van der Waals surface area contributed by atoms with Crippen LogP contribution in [0.25, 0.3) is 11.3 Å². The smallest absolute Gasteiger partial charge is 0.176 e. The first kappa shape index (κ1) is 23.0. The number of aromatic nitrogens is 2. The molecule has 3 aromatic rings. The SMILES string of the molecule is CC(C)Oc1ccc(C(=O)CNCc2ccc(-c3cnc(C(C)(C)C)[nH]3)cc2)cc1Cl. The number of aromatic amines is 1. The third-order valence-electron chi connectivity index (χ3n) is 4.78. The van der Waals surface area contributed by atoms with E-state index in [2.05, 4.69) is 60.3 Å². The molecule has 5 nitrogen and oxygen atoms in total. The Morgan fingerprint density at radius 2 is 1.87 bits per heavy atom. The van der Waals surface area contributed by atoms with E-state index in [0.717, 1.165) is 22.6 Å². The molecule has 0 saturated carbocycles. The molecule has 0 radical (unpaired) electrons. The topological polar surface area (TPSA) is 67.0 Å².